The van der Waals surface area contributed by atoms with E-state index in [4.69, 9.17) is 4.42 Å². The molecule has 7 heteroatoms. The second-order valence-electron chi connectivity index (χ2n) is 7.43. The second kappa shape index (κ2) is 7.48. The predicted molar refractivity (Wildman–Crippen MR) is 109 cm³/mol. The molecular weight excluding hydrogens is 372 g/mol. The maximum Gasteiger partial charge on any atom is 0.248 e. The van der Waals surface area contributed by atoms with Crippen molar-refractivity contribution in [1.29, 1.82) is 0 Å². The molecule has 4 heterocycles. The number of hydrogen-bond acceptors (Lipinski definition) is 6. The summed E-state index contributed by atoms with van der Waals surface area (Å²) in [6, 6.07) is 10.2. The van der Waals surface area contributed by atoms with Crippen LogP contribution in [0.5, 0.6) is 0 Å². The Bertz CT molecular complexity index is 960. The van der Waals surface area contributed by atoms with Crippen molar-refractivity contribution in [3.63, 3.8) is 0 Å². The van der Waals surface area contributed by atoms with Crippen LogP contribution < -0.4 is 4.90 Å². The lowest BCUT2D eigenvalue weighted by Crippen LogP contribution is -2.42. The van der Waals surface area contributed by atoms with Crippen LogP contribution in [0.1, 0.15) is 30.2 Å². The zero-order valence-electron chi connectivity index (χ0n) is 15.6. The Balaban J connectivity index is 1.17. The number of amides is 1. The number of aromatic nitrogens is 2. The number of para-hydroxylation sites is 1. The summed E-state index contributed by atoms with van der Waals surface area (Å²) in [6.07, 6.45) is 2.83. The third kappa shape index (κ3) is 3.36. The minimum absolute atomic E-state index is 0.195. The van der Waals surface area contributed by atoms with E-state index in [2.05, 4.69) is 21.2 Å². The summed E-state index contributed by atoms with van der Waals surface area (Å²) in [7, 11) is 0. The van der Waals surface area contributed by atoms with Gasteiger partial charge in [-0.1, -0.05) is 18.2 Å². The molecular formula is C21H22N4O2S. The van der Waals surface area contributed by atoms with Crippen molar-refractivity contribution < 1.29 is 9.21 Å². The van der Waals surface area contributed by atoms with E-state index in [1.807, 2.05) is 39.9 Å². The molecule has 0 bridgehead atoms. The van der Waals surface area contributed by atoms with Gasteiger partial charge in [-0.3, -0.25) is 9.69 Å². The molecule has 0 unspecified atom stereocenters. The van der Waals surface area contributed by atoms with Crippen LogP contribution in [-0.4, -0.2) is 47.2 Å². The molecule has 0 atom stereocenters. The van der Waals surface area contributed by atoms with Crippen molar-refractivity contribution in [3.8, 4) is 11.5 Å². The van der Waals surface area contributed by atoms with Crippen molar-refractivity contribution in [2.24, 2.45) is 0 Å². The van der Waals surface area contributed by atoms with Crippen molar-refractivity contribution in [2.45, 2.75) is 25.2 Å². The number of nitrogens with zero attached hydrogens (tertiary/aromatic N) is 4. The zero-order chi connectivity index (χ0) is 18.9. The lowest BCUT2D eigenvalue weighted by Gasteiger charge is -2.31. The highest BCUT2D eigenvalue weighted by Crippen LogP contribution is 2.31. The number of thiophene rings is 1. The zero-order valence-corrected chi connectivity index (χ0v) is 16.4. The number of carbonyl (C=O) groups excluding carboxylic acids is 1. The third-order valence-corrected chi connectivity index (χ3v) is 6.38. The van der Waals surface area contributed by atoms with E-state index in [0.717, 1.165) is 56.0 Å². The minimum atomic E-state index is 0.195. The van der Waals surface area contributed by atoms with Crippen molar-refractivity contribution in [1.82, 2.24) is 15.1 Å². The SMILES string of the molecule is O=C(CN1CCC(c2nnc(-c3ccsc3)o2)CC1)N1CCc2ccccc21. The molecule has 2 aromatic heterocycles. The first kappa shape index (κ1) is 17.6. The van der Waals surface area contributed by atoms with Gasteiger partial charge in [0, 0.05) is 29.1 Å². The van der Waals surface area contributed by atoms with Gasteiger partial charge in [0.1, 0.15) is 0 Å². The third-order valence-electron chi connectivity index (χ3n) is 5.69. The topological polar surface area (TPSA) is 62.5 Å². The first-order chi connectivity index (χ1) is 13.8. The van der Waals surface area contributed by atoms with E-state index in [0.29, 0.717) is 12.4 Å². The van der Waals surface area contributed by atoms with Crippen molar-refractivity contribution in [2.75, 3.05) is 31.1 Å². The number of anilines is 1. The molecule has 6 nitrogen and oxygen atoms in total. The molecule has 2 aliphatic heterocycles. The Morgan fingerprint density at radius 2 is 2.00 bits per heavy atom. The van der Waals surface area contributed by atoms with Crippen LogP contribution in [0.25, 0.3) is 11.5 Å². The molecule has 3 aromatic rings. The summed E-state index contributed by atoms with van der Waals surface area (Å²) >= 11 is 1.62. The fraction of sp³-hybridized carbons (Fsp3) is 0.381. The number of piperidine rings is 1. The maximum absolute atomic E-state index is 12.8. The average molecular weight is 395 g/mol. The van der Waals surface area contributed by atoms with Crippen LogP contribution in [0.15, 0.2) is 45.5 Å². The Morgan fingerprint density at radius 3 is 2.82 bits per heavy atom. The molecule has 0 saturated carbocycles. The number of carbonyl (C=O) groups is 1. The fourth-order valence-corrected chi connectivity index (χ4v) is 4.74. The minimum Gasteiger partial charge on any atom is -0.420 e. The first-order valence-electron chi connectivity index (χ1n) is 9.74. The van der Waals surface area contributed by atoms with Crippen molar-refractivity contribution >= 4 is 22.9 Å². The maximum atomic E-state index is 12.8. The standard InChI is InChI=1S/C21H22N4O2S/c26-19(25-11-7-15-3-1-2-4-18(15)25)13-24-9-5-16(6-10-24)20-22-23-21(27-20)17-8-12-28-14-17/h1-4,8,12,14,16H,5-7,9-11,13H2. The van der Waals surface area contributed by atoms with E-state index in [1.165, 1.54) is 5.56 Å². The molecule has 0 N–H and O–H groups in total. The fourth-order valence-electron chi connectivity index (χ4n) is 4.11. The van der Waals surface area contributed by atoms with Gasteiger partial charge in [0.25, 0.3) is 0 Å². The molecule has 1 amide bonds. The number of benzene rings is 1. The summed E-state index contributed by atoms with van der Waals surface area (Å²) in [5.74, 6) is 1.79. The molecule has 0 spiro atoms. The van der Waals surface area contributed by atoms with Crippen LogP contribution in [-0.2, 0) is 11.2 Å². The van der Waals surface area contributed by atoms with Crippen LogP contribution in [0.4, 0.5) is 5.69 Å². The van der Waals surface area contributed by atoms with Gasteiger partial charge in [-0.25, -0.2) is 0 Å². The predicted octanol–water partition coefficient (Wildman–Crippen LogP) is 3.57. The Morgan fingerprint density at radius 1 is 1.14 bits per heavy atom. The lowest BCUT2D eigenvalue weighted by atomic mass is 9.97. The van der Waals surface area contributed by atoms with Gasteiger partial charge in [0.05, 0.1) is 6.54 Å². The molecule has 2 aliphatic rings. The Labute approximate surface area is 167 Å². The van der Waals surface area contributed by atoms with Crippen LogP contribution in [0.2, 0.25) is 0 Å². The number of hydrogen-bond donors (Lipinski definition) is 0. The average Bonchev–Trinajstić information content (AvgIpc) is 3.48. The Kier molecular flexibility index (Phi) is 4.70. The van der Waals surface area contributed by atoms with E-state index in [9.17, 15) is 4.79 Å². The number of fused-ring (bicyclic) bond motifs is 1. The smallest absolute Gasteiger partial charge is 0.248 e. The summed E-state index contributed by atoms with van der Waals surface area (Å²) in [4.78, 5) is 17.0. The monoisotopic (exact) mass is 394 g/mol. The largest absolute Gasteiger partial charge is 0.420 e. The first-order valence-corrected chi connectivity index (χ1v) is 10.7. The summed E-state index contributed by atoms with van der Waals surface area (Å²) in [5.41, 5.74) is 3.33. The quantitative estimate of drug-likeness (QED) is 0.677. The number of rotatable bonds is 4. The van der Waals surface area contributed by atoms with E-state index >= 15 is 0 Å². The molecule has 1 fully saturated rings. The van der Waals surface area contributed by atoms with Gasteiger partial charge in [0.2, 0.25) is 17.7 Å². The van der Waals surface area contributed by atoms with E-state index in [1.54, 1.807) is 11.3 Å². The molecule has 28 heavy (non-hydrogen) atoms. The lowest BCUT2D eigenvalue weighted by molar-refractivity contribution is -0.119. The van der Waals surface area contributed by atoms with Gasteiger partial charge in [0.15, 0.2) is 0 Å². The second-order valence-corrected chi connectivity index (χ2v) is 8.21. The van der Waals surface area contributed by atoms with E-state index in [-0.39, 0.29) is 11.8 Å². The summed E-state index contributed by atoms with van der Waals surface area (Å²) in [5, 5.41) is 12.5. The highest BCUT2D eigenvalue weighted by Gasteiger charge is 2.29. The molecule has 0 radical (unpaired) electrons. The van der Waals surface area contributed by atoms with Crippen LogP contribution in [0.3, 0.4) is 0 Å². The van der Waals surface area contributed by atoms with Gasteiger partial charge < -0.3 is 9.32 Å². The van der Waals surface area contributed by atoms with Gasteiger partial charge in [-0.05, 0) is 55.4 Å². The number of likely N-dealkylation sites (tertiary alicyclic amines) is 1. The molecule has 1 aromatic carbocycles. The summed E-state index contributed by atoms with van der Waals surface area (Å²) in [6.45, 7) is 3.02. The molecule has 1 saturated heterocycles. The van der Waals surface area contributed by atoms with Gasteiger partial charge in [-0.2, -0.15) is 11.3 Å². The van der Waals surface area contributed by atoms with Crippen molar-refractivity contribution in [3.05, 3.63) is 52.5 Å². The molecule has 144 valence electrons. The summed E-state index contributed by atoms with van der Waals surface area (Å²) < 4.78 is 5.89. The van der Waals surface area contributed by atoms with Gasteiger partial charge in [-0.15, -0.1) is 10.2 Å². The van der Waals surface area contributed by atoms with Crippen LogP contribution in [0, 0.1) is 0 Å². The van der Waals surface area contributed by atoms with E-state index < -0.39 is 0 Å². The molecule has 5 rings (SSSR count). The highest BCUT2D eigenvalue weighted by atomic mass is 32.1. The molecule has 0 aliphatic carbocycles. The van der Waals surface area contributed by atoms with Crippen LogP contribution >= 0.6 is 11.3 Å². The Hall–Kier alpha value is -2.51. The van der Waals surface area contributed by atoms with Gasteiger partial charge >= 0.3 is 0 Å². The highest BCUT2D eigenvalue weighted by molar-refractivity contribution is 7.08. The normalized spacial score (nSPS) is 17.8.